The molecule has 0 unspecified atom stereocenters. The summed E-state index contributed by atoms with van der Waals surface area (Å²) in [6, 6.07) is 5.17. The Morgan fingerprint density at radius 1 is 1.42 bits per heavy atom. The van der Waals surface area contributed by atoms with E-state index in [0.717, 1.165) is 5.56 Å². The highest BCUT2D eigenvalue weighted by molar-refractivity contribution is 5.93. The maximum absolute atomic E-state index is 11.6. The molecule has 19 heavy (non-hydrogen) atoms. The molecule has 0 aliphatic carbocycles. The molecule has 0 atom stereocenters. The summed E-state index contributed by atoms with van der Waals surface area (Å²) in [4.78, 5) is 19.2. The molecule has 1 aromatic heterocycles. The number of hydrogen-bond donors (Lipinski definition) is 2. The van der Waals surface area contributed by atoms with E-state index >= 15 is 0 Å². The molecule has 6 heteroatoms. The Balaban J connectivity index is 2.02. The average Bonchev–Trinajstić information content (AvgIpc) is 2.42. The molecule has 2 N–H and O–H groups in total. The van der Waals surface area contributed by atoms with Crippen LogP contribution in [0.25, 0.3) is 0 Å². The van der Waals surface area contributed by atoms with Crippen LogP contribution in [0.4, 0.5) is 0 Å². The van der Waals surface area contributed by atoms with E-state index < -0.39 is 5.91 Å². The topological polar surface area (TPSA) is 87.5 Å². The van der Waals surface area contributed by atoms with Gasteiger partial charge in [0.25, 0.3) is 5.91 Å². The predicted octanol–water partition coefficient (Wildman–Crippen LogP) is 1.25. The molecule has 2 rings (SSSR count). The monoisotopic (exact) mass is 256 g/mol. The predicted molar refractivity (Wildman–Crippen MR) is 69.9 cm³/mol. The minimum absolute atomic E-state index is 0.109. The molecule has 96 valence electrons. The van der Waals surface area contributed by atoms with E-state index in [1.807, 2.05) is 13.0 Å². The van der Waals surface area contributed by atoms with E-state index in [0.29, 0.717) is 5.56 Å². The molecular weight excluding hydrogens is 244 g/mol. The van der Waals surface area contributed by atoms with Crippen molar-refractivity contribution in [2.24, 2.45) is 5.10 Å². The van der Waals surface area contributed by atoms with E-state index in [1.54, 1.807) is 12.1 Å². The molecule has 1 amide bonds. The van der Waals surface area contributed by atoms with Gasteiger partial charge in [0.2, 0.25) is 0 Å². The van der Waals surface area contributed by atoms with Gasteiger partial charge in [-0.15, -0.1) is 0 Å². The number of phenols is 1. The van der Waals surface area contributed by atoms with Gasteiger partial charge in [0, 0.05) is 18.0 Å². The van der Waals surface area contributed by atoms with Crippen LogP contribution in [-0.4, -0.2) is 27.2 Å². The summed E-state index contributed by atoms with van der Waals surface area (Å²) in [5, 5.41) is 13.4. The lowest BCUT2D eigenvalue weighted by atomic mass is 10.1. The second-order valence-electron chi connectivity index (χ2n) is 3.85. The number of aromatic nitrogens is 2. The zero-order chi connectivity index (χ0) is 13.7. The van der Waals surface area contributed by atoms with E-state index in [1.165, 1.54) is 24.8 Å². The van der Waals surface area contributed by atoms with Crippen LogP contribution in [0, 0.1) is 6.92 Å². The maximum atomic E-state index is 11.6. The molecule has 1 aromatic carbocycles. The van der Waals surface area contributed by atoms with Gasteiger partial charge >= 0.3 is 0 Å². The van der Waals surface area contributed by atoms with Crippen molar-refractivity contribution in [3.8, 4) is 5.75 Å². The first kappa shape index (κ1) is 12.7. The highest BCUT2D eigenvalue weighted by Crippen LogP contribution is 2.15. The van der Waals surface area contributed by atoms with E-state index in [4.69, 9.17) is 0 Å². The van der Waals surface area contributed by atoms with Crippen LogP contribution in [0.5, 0.6) is 5.75 Å². The number of rotatable bonds is 3. The van der Waals surface area contributed by atoms with Crippen LogP contribution in [0.2, 0.25) is 0 Å². The summed E-state index contributed by atoms with van der Waals surface area (Å²) in [6.07, 6.45) is 5.60. The SMILES string of the molecule is Cc1ccc(C=NNC(=O)c2cnccn2)c(O)c1. The summed E-state index contributed by atoms with van der Waals surface area (Å²) in [5.41, 5.74) is 3.94. The van der Waals surface area contributed by atoms with E-state index in [9.17, 15) is 9.90 Å². The number of amides is 1. The Hall–Kier alpha value is -2.76. The Morgan fingerprint density at radius 2 is 2.26 bits per heavy atom. The molecule has 0 aliphatic heterocycles. The number of nitrogens with zero attached hydrogens (tertiary/aromatic N) is 3. The molecule has 1 heterocycles. The van der Waals surface area contributed by atoms with Crippen molar-refractivity contribution in [1.82, 2.24) is 15.4 Å². The van der Waals surface area contributed by atoms with Gasteiger partial charge in [-0.05, 0) is 24.6 Å². The smallest absolute Gasteiger partial charge is 0.291 e. The quantitative estimate of drug-likeness (QED) is 0.639. The first-order valence-electron chi connectivity index (χ1n) is 5.56. The lowest BCUT2D eigenvalue weighted by Crippen LogP contribution is -2.19. The zero-order valence-electron chi connectivity index (χ0n) is 10.2. The highest BCUT2D eigenvalue weighted by atomic mass is 16.3. The molecule has 0 radical (unpaired) electrons. The van der Waals surface area contributed by atoms with Gasteiger partial charge in [0.15, 0.2) is 0 Å². The molecule has 0 spiro atoms. The van der Waals surface area contributed by atoms with Gasteiger partial charge in [-0.25, -0.2) is 10.4 Å². The third-order valence-electron chi connectivity index (χ3n) is 2.35. The second-order valence-corrected chi connectivity index (χ2v) is 3.85. The number of carbonyl (C=O) groups excluding carboxylic acids is 1. The number of hydrogen-bond acceptors (Lipinski definition) is 5. The van der Waals surface area contributed by atoms with Gasteiger partial charge in [0.1, 0.15) is 11.4 Å². The molecular formula is C13H12N4O2. The highest BCUT2D eigenvalue weighted by Gasteiger charge is 2.04. The fraction of sp³-hybridized carbons (Fsp3) is 0.0769. The molecule has 0 saturated carbocycles. The van der Waals surface area contributed by atoms with Gasteiger partial charge in [0.05, 0.1) is 12.4 Å². The van der Waals surface area contributed by atoms with Crippen molar-refractivity contribution in [2.45, 2.75) is 6.92 Å². The zero-order valence-corrected chi connectivity index (χ0v) is 10.2. The van der Waals surface area contributed by atoms with Crippen molar-refractivity contribution in [3.63, 3.8) is 0 Å². The van der Waals surface area contributed by atoms with Crippen LogP contribution in [-0.2, 0) is 0 Å². The van der Waals surface area contributed by atoms with Crippen LogP contribution in [0.1, 0.15) is 21.6 Å². The Labute approximate surface area is 109 Å². The van der Waals surface area contributed by atoms with Crippen molar-refractivity contribution < 1.29 is 9.90 Å². The minimum atomic E-state index is -0.462. The summed E-state index contributed by atoms with van der Waals surface area (Å²) in [5.74, 6) is -0.353. The van der Waals surface area contributed by atoms with Gasteiger partial charge in [-0.1, -0.05) is 6.07 Å². The second kappa shape index (κ2) is 5.72. The normalized spacial score (nSPS) is 10.6. The number of phenolic OH excluding ortho intramolecular Hbond substituents is 1. The number of aryl methyl sites for hydroxylation is 1. The summed E-state index contributed by atoms with van der Waals surface area (Å²) in [6.45, 7) is 1.87. The number of benzene rings is 1. The minimum Gasteiger partial charge on any atom is -0.507 e. The molecule has 0 aliphatic rings. The molecule has 0 fully saturated rings. The number of carbonyl (C=O) groups is 1. The fourth-order valence-electron chi connectivity index (χ4n) is 1.40. The lowest BCUT2D eigenvalue weighted by molar-refractivity contribution is 0.0949. The molecule has 0 saturated heterocycles. The summed E-state index contributed by atoms with van der Waals surface area (Å²) >= 11 is 0. The van der Waals surface area contributed by atoms with Crippen molar-refractivity contribution >= 4 is 12.1 Å². The van der Waals surface area contributed by atoms with E-state index in [2.05, 4.69) is 20.5 Å². The maximum Gasteiger partial charge on any atom is 0.291 e. The van der Waals surface area contributed by atoms with Crippen LogP contribution >= 0.6 is 0 Å². The molecule has 2 aromatic rings. The third kappa shape index (κ3) is 3.35. The number of nitrogens with one attached hydrogen (secondary N) is 1. The third-order valence-corrected chi connectivity index (χ3v) is 2.35. The van der Waals surface area contributed by atoms with Crippen LogP contribution in [0.15, 0.2) is 41.9 Å². The Morgan fingerprint density at radius 3 is 2.95 bits per heavy atom. The average molecular weight is 256 g/mol. The van der Waals surface area contributed by atoms with Crippen molar-refractivity contribution in [3.05, 3.63) is 53.6 Å². The first-order valence-corrected chi connectivity index (χ1v) is 5.56. The van der Waals surface area contributed by atoms with Crippen LogP contribution in [0.3, 0.4) is 0 Å². The first-order chi connectivity index (χ1) is 9.16. The van der Waals surface area contributed by atoms with Crippen molar-refractivity contribution in [2.75, 3.05) is 0 Å². The van der Waals surface area contributed by atoms with Gasteiger partial charge in [-0.3, -0.25) is 9.78 Å². The fourth-order valence-corrected chi connectivity index (χ4v) is 1.40. The largest absolute Gasteiger partial charge is 0.507 e. The van der Waals surface area contributed by atoms with E-state index in [-0.39, 0.29) is 11.4 Å². The van der Waals surface area contributed by atoms with Gasteiger partial charge in [-0.2, -0.15) is 5.10 Å². The Bertz CT molecular complexity index is 611. The number of aromatic hydroxyl groups is 1. The number of hydrazone groups is 1. The Kier molecular flexibility index (Phi) is 3.82. The molecule has 6 nitrogen and oxygen atoms in total. The summed E-state index contributed by atoms with van der Waals surface area (Å²) < 4.78 is 0. The molecule has 0 bridgehead atoms. The van der Waals surface area contributed by atoms with Gasteiger partial charge < -0.3 is 5.11 Å². The lowest BCUT2D eigenvalue weighted by Gasteiger charge is -2.00. The van der Waals surface area contributed by atoms with Crippen LogP contribution < -0.4 is 5.43 Å². The standard InChI is InChI=1S/C13H12N4O2/c1-9-2-3-10(12(18)6-9)7-16-17-13(19)11-8-14-4-5-15-11/h2-8,18H,1H3,(H,17,19). The summed E-state index contributed by atoms with van der Waals surface area (Å²) in [7, 11) is 0. The van der Waals surface area contributed by atoms with Crippen molar-refractivity contribution in [1.29, 1.82) is 0 Å².